The highest BCUT2D eigenvalue weighted by molar-refractivity contribution is 6.03. The van der Waals surface area contributed by atoms with E-state index in [-0.39, 0.29) is 18.3 Å². The Morgan fingerprint density at radius 2 is 2.15 bits per heavy atom. The summed E-state index contributed by atoms with van der Waals surface area (Å²) in [7, 11) is 1.67. The predicted molar refractivity (Wildman–Crippen MR) is 94.3 cm³/mol. The number of nitrogens with one attached hydrogen (secondary N) is 1. The molecule has 2 atom stereocenters. The van der Waals surface area contributed by atoms with Gasteiger partial charge >= 0.3 is 0 Å². The van der Waals surface area contributed by atoms with Crippen LogP contribution in [0.5, 0.6) is 5.75 Å². The molecule has 2 amide bonds. The van der Waals surface area contributed by atoms with Crippen molar-refractivity contribution in [3.8, 4) is 5.75 Å². The van der Waals surface area contributed by atoms with Gasteiger partial charge in [0.15, 0.2) is 0 Å². The first kappa shape index (κ1) is 16.6. The minimum absolute atomic E-state index is 0.0681. The topological polar surface area (TPSA) is 84.7 Å². The molecule has 0 spiro atoms. The second-order valence-corrected chi connectivity index (χ2v) is 6.99. The van der Waals surface area contributed by atoms with Crippen molar-refractivity contribution in [2.75, 3.05) is 18.6 Å². The van der Waals surface area contributed by atoms with Gasteiger partial charge in [0.2, 0.25) is 5.76 Å². The summed E-state index contributed by atoms with van der Waals surface area (Å²) in [6, 6.07) is 6.51. The van der Waals surface area contributed by atoms with E-state index < -0.39 is 11.9 Å². The molecule has 26 heavy (non-hydrogen) atoms. The number of likely N-dealkylation sites (N-methyl/N-ethyl adjacent to an activating group) is 1. The third-order valence-electron chi connectivity index (χ3n) is 5.07. The number of carbonyl (C=O) groups excluding carboxylic acids is 2. The highest BCUT2D eigenvalue weighted by Crippen LogP contribution is 2.30. The van der Waals surface area contributed by atoms with E-state index in [2.05, 4.69) is 17.4 Å². The van der Waals surface area contributed by atoms with Crippen LogP contribution >= 0.6 is 0 Å². The molecular weight excluding hydrogens is 334 g/mol. The van der Waals surface area contributed by atoms with E-state index in [4.69, 9.17) is 9.26 Å². The number of nitrogens with zero attached hydrogens (tertiary/aromatic N) is 2. The number of aryl methyl sites for hydroxylation is 1. The maximum absolute atomic E-state index is 12.7. The van der Waals surface area contributed by atoms with Crippen molar-refractivity contribution in [1.29, 1.82) is 0 Å². The van der Waals surface area contributed by atoms with Crippen LogP contribution in [0, 0.1) is 5.92 Å². The van der Waals surface area contributed by atoms with Crippen molar-refractivity contribution >= 4 is 17.5 Å². The summed E-state index contributed by atoms with van der Waals surface area (Å²) in [6.45, 7) is 2.21. The van der Waals surface area contributed by atoms with Crippen molar-refractivity contribution in [3.05, 3.63) is 41.3 Å². The normalized spacial score (nSPS) is 22.1. The third-order valence-corrected chi connectivity index (χ3v) is 5.07. The Morgan fingerprint density at radius 1 is 1.35 bits per heavy atom. The molecule has 1 aromatic heterocycles. The molecule has 4 rings (SSSR count). The van der Waals surface area contributed by atoms with Crippen molar-refractivity contribution in [2.45, 2.75) is 32.2 Å². The van der Waals surface area contributed by atoms with Crippen LogP contribution in [0.2, 0.25) is 0 Å². The van der Waals surface area contributed by atoms with Crippen LogP contribution in [0.15, 0.2) is 28.8 Å². The molecule has 0 radical (unpaired) electrons. The van der Waals surface area contributed by atoms with Crippen molar-refractivity contribution < 1.29 is 18.8 Å². The fraction of sp³-hybridized carbons (Fsp3) is 0.421. The number of benzene rings is 1. The molecule has 0 fully saturated rings. The SMILES string of the molecule is CC1CCc2noc(C(=O)N[C@H]3COc4ccccc4N(C)C3=O)c2C1. The van der Waals surface area contributed by atoms with E-state index in [9.17, 15) is 9.59 Å². The molecule has 1 aliphatic carbocycles. The first-order valence-electron chi connectivity index (χ1n) is 8.82. The fourth-order valence-electron chi connectivity index (χ4n) is 3.54. The van der Waals surface area contributed by atoms with Crippen molar-refractivity contribution in [2.24, 2.45) is 5.92 Å². The summed E-state index contributed by atoms with van der Waals surface area (Å²) in [5, 5.41) is 6.78. The van der Waals surface area contributed by atoms with Crippen LogP contribution in [0.3, 0.4) is 0 Å². The number of rotatable bonds is 2. The molecule has 136 valence electrons. The summed E-state index contributed by atoms with van der Waals surface area (Å²) < 4.78 is 11.0. The Morgan fingerprint density at radius 3 is 3.00 bits per heavy atom. The Balaban J connectivity index is 1.54. The van der Waals surface area contributed by atoms with E-state index in [1.165, 1.54) is 4.90 Å². The lowest BCUT2D eigenvalue weighted by molar-refractivity contribution is -0.120. The molecule has 2 heterocycles. The molecule has 0 saturated heterocycles. The second kappa shape index (κ2) is 6.48. The first-order valence-corrected chi connectivity index (χ1v) is 8.82. The van der Waals surface area contributed by atoms with Crippen LogP contribution in [0.4, 0.5) is 5.69 Å². The van der Waals surface area contributed by atoms with Gasteiger partial charge in [-0.05, 0) is 37.3 Å². The lowest BCUT2D eigenvalue weighted by atomic mass is 9.88. The molecule has 0 saturated carbocycles. The molecule has 1 aromatic carbocycles. The number of hydrogen-bond donors (Lipinski definition) is 1. The Kier molecular flexibility index (Phi) is 4.14. The average molecular weight is 355 g/mol. The van der Waals surface area contributed by atoms with Crippen LogP contribution in [0.1, 0.15) is 35.2 Å². The maximum atomic E-state index is 12.7. The molecular formula is C19H21N3O4. The number of carbonyl (C=O) groups is 2. The van der Waals surface area contributed by atoms with Gasteiger partial charge in [0.25, 0.3) is 11.8 Å². The van der Waals surface area contributed by atoms with Crippen molar-refractivity contribution in [1.82, 2.24) is 10.5 Å². The number of aromatic nitrogens is 1. The molecule has 1 unspecified atom stereocenters. The van der Waals surface area contributed by atoms with E-state index >= 15 is 0 Å². The van der Waals surface area contributed by atoms with E-state index in [1.807, 2.05) is 18.2 Å². The molecule has 2 aromatic rings. The quantitative estimate of drug-likeness (QED) is 0.890. The van der Waals surface area contributed by atoms with Crippen LogP contribution in [-0.4, -0.2) is 36.7 Å². The number of fused-ring (bicyclic) bond motifs is 2. The smallest absolute Gasteiger partial charge is 0.290 e. The number of amides is 2. The second-order valence-electron chi connectivity index (χ2n) is 6.99. The monoisotopic (exact) mass is 355 g/mol. The molecule has 1 aliphatic heterocycles. The number of hydrogen-bond acceptors (Lipinski definition) is 5. The van der Waals surface area contributed by atoms with Crippen LogP contribution in [0.25, 0.3) is 0 Å². The highest BCUT2D eigenvalue weighted by Gasteiger charge is 2.33. The van der Waals surface area contributed by atoms with E-state index in [0.29, 0.717) is 17.4 Å². The van der Waals surface area contributed by atoms with E-state index in [1.54, 1.807) is 13.1 Å². The lowest BCUT2D eigenvalue weighted by Crippen LogP contribution is -2.49. The summed E-state index contributed by atoms with van der Waals surface area (Å²) in [5.41, 5.74) is 2.39. The van der Waals surface area contributed by atoms with Gasteiger partial charge in [0.1, 0.15) is 18.4 Å². The highest BCUT2D eigenvalue weighted by atomic mass is 16.5. The Hall–Kier alpha value is -2.83. The predicted octanol–water partition coefficient (Wildman–Crippen LogP) is 1.95. The summed E-state index contributed by atoms with van der Waals surface area (Å²) in [6.07, 6.45) is 2.62. The summed E-state index contributed by atoms with van der Waals surface area (Å²) in [5.74, 6) is 0.658. The zero-order valence-corrected chi connectivity index (χ0v) is 14.8. The zero-order chi connectivity index (χ0) is 18.3. The van der Waals surface area contributed by atoms with Crippen molar-refractivity contribution in [3.63, 3.8) is 0 Å². The molecule has 1 N–H and O–H groups in total. The van der Waals surface area contributed by atoms with Gasteiger partial charge in [0, 0.05) is 12.6 Å². The van der Waals surface area contributed by atoms with Gasteiger partial charge in [-0.25, -0.2) is 0 Å². The maximum Gasteiger partial charge on any atom is 0.290 e. The number of anilines is 1. The van der Waals surface area contributed by atoms with Gasteiger partial charge < -0.3 is 19.5 Å². The van der Waals surface area contributed by atoms with Crippen LogP contribution < -0.4 is 15.0 Å². The molecule has 7 nitrogen and oxygen atoms in total. The van der Waals surface area contributed by atoms with Crippen LogP contribution in [-0.2, 0) is 17.6 Å². The lowest BCUT2D eigenvalue weighted by Gasteiger charge is -2.20. The first-order chi connectivity index (χ1) is 12.5. The molecule has 7 heteroatoms. The molecule has 2 aliphatic rings. The number of ether oxygens (including phenoxy) is 1. The van der Waals surface area contributed by atoms with Gasteiger partial charge in [-0.1, -0.05) is 24.2 Å². The average Bonchev–Trinajstić information content (AvgIpc) is 3.02. The Labute approximate surface area is 151 Å². The summed E-state index contributed by atoms with van der Waals surface area (Å²) >= 11 is 0. The standard InChI is InChI=1S/C19H21N3O4/c1-11-7-8-13-12(9-11)17(26-21-13)18(23)20-14-10-25-16-6-4-3-5-15(16)22(2)19(14)24/h3-6,11,14H,7-10H2,1-2H3,(H,20,23)/t11?,14-/m0/s1. The zero-order valence-electron chi connectivity index (χ0n) is 14.8. The minimum atomic E-state index is -0.790. The number of para-hydroxylation sites is 2. The third kappa shape index (κ3) is 2.83. The largest absolute Gasteiger partial charge is 0.489 e. The summed E-state index contributed by atoms with van der Waals surface area (Å²) in [4.78, 5) is 27.0. The van der Waals surface area contributed by atoms with E-state index in [0.717, 1.165) is 30.5 Å². The van der Waals surface area contributed by atoms with Gasteiger partial charge in [0.05, 0.1) is 11.4 Å². The van der Waals surface area contributed by atoms with Gasteiger partial charge in [-0.15, -0.1) is 0 Å². The van der Waals surface area contributed by atoms with Gasteiger partial charge in [-0.3, -0.25) is 9.59 Å². The fourth-order valence-corrected chi connectivity index (χ4v) is 3.54. The Bertz CT molecular complexity index is 860. The molecule has 0 bridgehead atoms. The van der Waals surface area contributed by atoms with Gasteiger partial charge in [-0.2, -0.15) is 0 Å². The minimum Gasteiger partial charge on any atom is -0.489 e.